The van der Waals surface area contributed by atoms with Gasteiger partial charge in [0.1, 0.15) is 0 Å². The first-order valence-corrected chi connectivity index (χ1v) is 4.01. The Kier molecular flexibility index (Phi) is 2.76. The van der Waals surface area contributed by atoms with Gasteiger partial charge in [-0.05, 0) is 19.4 Å². The maximum absolute atomic E-state index is 11.2. The van der Waals surface area contributed by atoms with E-state index >= 15 is 0 Å². The molecule has 0 aromatic heterocycles. The van der Waals surface area contributed by atoms with Crippen molar-refractivity contribution < 1.29 is 9.53 Å². The molecule has 67 valence electrons. The minimum absolute atomic E-state index is 0.343. The molecule has 0 heterocycles. The molecule has 0 N–H and O–H groups in total. The average Bonchev–Trinajstić information content (AvgIpc) is 2.10. The van der Waals surface area contributed by atoms with E-state index in [0.29, 0.717) is 11.0 Å². The number of esters is 1. The molecule has 0 saturated carbocycles. The van der Waals surface area contributed by atoms with Gasteiger partial charge in [-0.15, -0.1) is 0 Å². The van der Waals surface area contributed by atoms with Gasteiger partial charge in [-0.3, -0.25) is 0 Å². The fourth-order valence-corrected chi connectivity index (χ4v) is 1.20. The van der Waals surface area contributed by atoms with Gasteiger partial charge in [0.15, 0.2) is 0 Å². The van der Waals surface area contributed by atoms with Gasteiger partial charge in [0, 0.05) is 0 Å². The molecule has 0 unspecified atom stereocenters. The van der Waals surface area contributed by atoms with Gasteiger partial charge in [-0.2, -0.15) is 0 Å². The fraction of sp³-hybridized carbons (Fsp3) is 0.300. The van der Waals surface area contributed by atoms with E-state index in [4.69, 9.17) is 7.85 Å². The summed E-state index contributed by atoms with van der Waals surface area (Å²) in [6.45, 7) is 3.77. The van der Waals surface area contributed by atoms with Crippen LogP contribution in [0.25, 0.3) is 0 Å². The van der Waals surface area contributed by atoms with Crippen molar-refractivity contribution in [1.82, 2.24) is 0 Å². The lowest BCUT2D eigenvalue weighted by atomic mass is 9.88. The highest BCUT2D eigenvalue weighted by Crippen LogP contribution is 2.09. The van der Waals surface area contributed by atoms with E-state index in [1.807, 2.05) is 19.9 Å². The average molecular weight is 174 g/mol. The molecule has 3 heteroatoms. The predicted molar refractivity (Wildman–Crippen MR) is 52.6 cm³/mol. The number of rotatable bonds is 1. The molecule has 1 rings (SSSR count). The quantitative estimate of drug-likeness (QED) is 0.466. The Morgan fingerprint density at radius 3 is 2.46 bits per heavy atom. The molecule has 1 aromatic carbocycles. The van der Waals surface area contributed by atoms with E-state index in [0.717, 1.165) is 11.1 Å². The van der Waals surface area contributed by atoms with E-state index in [1.54, 1.807) is 6.07 Å². The molecule has 0 amide bonds. The Bertz CT molecular complexity index is 345. The molecule has 0 spiro atoms. The molecule has 0 saturated heterocycles. The molecule has 0 fully saturated rings. The number of hydrogen-bond donors (Lipinski definition) is 0. The summed E-state index contributed by atoms with van der Waals surface area (Å²) in [6, 6.07) is 3.53. The van der Waals surface area contributed by atoms with Crippen molar-refractivity contribution in [1.29, 1.82) is 0 Å². The van der Waals surface area contributed by atoms with Crippen LogP contribution < -0.4 is 5.46 Å². The fourth-order valence-electron chi connectivity index (χ4n) is 1.20. The van der Waals surface area contributed by atoms with Crippen LogP contribution in [0.15, 0.2) is 12.1 Å². The van der Waals surface area contributed by atoms with Crippen molar-refractivity contribution >= 4 is 19.3 Å². The zero-order valence-corrected chi connectivity index (χ0v) is 8.05. The Morgan fingerprint density at radius 1 is 1.31 bits per heavy atom. The zero-order valence-electron chi connectivity index (χ0n) is 8.05. The lowest BCUT2D eigenvalue weighted by Gasteiger charge is -2.15. The van der Waals surface area contributed by atoms with Crippen LogP contribution in [0.2, 0.25) is 0 Å². The third-order valence-corrected chi connectivity index (χ3v) is 2.02. The van der Waals surface area contributed by atoms with Gasteiger partial charge in [-0.25, -0.2) is 4.79 Å². The lowest BCUT2D eigenvalue weighted by molar-refractivity contribution is 0.0600. The summed E-state index contributed by atoms with van der Waals surface area (Å²) in [7, 11) is 7.03. The van der Waals surface area contributed by atoms with Crippen molar-refractivity contribution in [3.05, 3.63) is 28.8 Å². The van der Waals surface area contributed by atoms with E-state index in [-0.39, 0.29) is 5.97 Å². The minimum atomic E-state index is -0.343. The maximum Gasteiger partial charge on any atom is 0.337 e. The van der Waals surface area contributed by atoms with Crippen molar-refractivity contribution in [3.8, 4) is 0 Å². The van der Waals surface area contributed by atoms with Crippen LogP contribution in [0.1, 0.15) is 21.5 Å². The monoisotopic (exact) mass is 174 g/mol. The van der Waals surface area contributed by atoms with Crippen LogP contribution in [0.4, 0.5) is 0 Å². The minimum Gasteiger partial charge on any atom is -0.580 e. The van der Waals surface area contributed by atoms with Crippen LogP contribution >= 0.6 is 0 Å². The maximum atomic E-state index is 11.2. The third kappa shape index (κ3) is 1.91. The van der Waals surface area contributed by atoms with Gasteiger partial charge >= 0.3 is 5.97 Å². The summed E-state index contributed by atoms with van der Waals surface area (Å²) in [5, 5.41) is 0. The van der Waals surface area contributed by atoms with E-state index in [2.05, 4.69) is 4.74 Å². The topological polar surface area (TPSA) is 26.3 Å². The Morgan fingerprint density at radius 2 is 1.92 bits per heavy atom. The number of carbonyl (C=O) groups is 1. The molecule has 13 heavy (non-hydrogen) atoms. The van der Waals surface area contributed by atoms with E-state index in [9.17, 15) is 4.79 Å². The second-order valence-electron chi connectivity index (χ2n) is 3.02. The molecular weight excluding hydrogens is 163 g/mol. The summed E-state index contributed by atoms with van der Waals surface area (Å²) in [6.07, 6.45) is 0. The standard InChI is InChI=1S/C10H11BO2/c1-6-4-7(2)9(11)5-8(6)10(12)13-3/h4-5H,1-3H3/q-1. The largest absolute Gasteiger partial charge is 0.580 e. The van der Waals surface area contributed by atoms with Crippen LogP contribution in [0.5, 0.6) is 0 Å². The normalized spacial score (nSPS) is 9.85. The van der Waals surface area contributed by atoms with Crippen LogP contribution in [-0.2, 0) is 4.74 Å². The Balaban J connectivity index is 3.23. The molecular formula is C10H11BO2-. The number of carbonyl (C=O) groups excluding carboxylic acids is 1. The smallest absolute Gasteiger partial charge is 0.337 e. The Labute approximate surface area is 79.3 Å². The van der Waals surface area contributed by atoms with Crippen molar-refractivity contribution in [2.75, 3.05) is 7.11 Å². The van der Waals surface area contributed by atoms with Crippen molar-refractivity contribution in [2.45, 2.75) is 13.8 Å². The zero-order chi connectivity index (χ0) is 10.0. The SMILES string of the molecule is [B-]c1cc(C(=O)OC)c(C)cc1C. The molecule has 0 aliphatic carbocycles. The predicted octanol–water partition coefficient (Wildman–Crippen LogP) is 0.884. The Hall–Kier alpha value is -1.25. The van der Waals surface area contributed by atoms with Crippen LogP contribution in [0, 0.1) is 13.8 Å². The van der Waals surface area contributed by atoms with Gasteiger partial charge in [0.2, 0.25) is 0 Å². The van der Waals surface area contributed by atoms with E-state index < -0.39 is 0 Å². The number of hydrogen-bond acceptors (Lipinski definition) is 2. The highest BCUT2D eigenvalue weighted by Gasteiger charge is 2.07. The van der Waals surface area contributed by atoms with E-state index in [1.165, 1.54) is 7.11 Å². The summed E-state index contributed by atoms with van der Waals surface area (Å²) in [4.78, 5) is 11.2. The van der Waals surface area contributed by atoms with Crippen molar-refractivity contribution in [3.63, 3.8) is 0 Å². The molecule has 2 nitrogen and oxygen atoms in total. The molecule has 0 aliphatic rings. The first kappa shape index (κ1) is 9.84. The molecule has 0 bridgehead atoms. The third-order valence-electron chi connectivity index (χ3n) is 2.02. The second-order valence-corrected chi connectivity index (χ2v) is 3.02. The van der Waals surface area contributed by atoms with Gasteiger partial charge in [0.25, 0.3) is 0 Å². The summed E-state index contributed by atoms with van der Waals surface area (Å²) in [5.41, 5.74) is 3.01. The molecule has 0 aliphatic heterocycles. The number of ether oxygens (including phenoxy) is 1. The van der Waals surface area contributed by atoms with Gasteiger partial charge in [-0.1, -0.05) is 17.7 Å². The summed E-state index contributed by atoms with van der Waals surface area (Å²) in [5.74, 6) is -0.343. The second kappa shape index (κ2) is 3.65. The van der Waals surface area contributed by atoms with Crippen LogP contribution in [-0.4, -0.2) is 20.9 Å². The summed E-state index contributed by atoms with van der Waals surface area (Å²) < 4.78 is 4.62. The van der Waals surface area contributed by atoms with Crippen LogP contribution in [0.3, 0.4) is 0 Å². The highest BCUT2D eigenvalue weighted by molar-refractivity contribution is 6.33. The highest BCUT2D eigenvalue weighted by atomic mass is 16.5. The first-order valence-electron chi connectivity index (χ1n) is 4.01. The summed E-state index contributed by atoms with van der Waals surface area (Å²) >= 11 is 0. The molecule has 3 radical (unpaired) electrons. The number of benzene rings is 1. The van der Waals surface area contributed by atoms with Gasteiger partial charge in [0.05, 0.1) is 12.7 Å². The first-order chi connectivity index (χ1) is 6.06. The number of methoxy groups -OCH3 is 1. The molecule has 0 atom stereocenters. The number of aryl methyl sites for hydroxylation is 2. The lowest BCUT2D eigenvalue weighted by Crippen LogP contribution is -2.13. The van der Waals surface area contributed by atoms with Gasteiger partial charge < -0.3 is 18.0 Å². The van der Waals surface area contributed by atoms with Crippen molar-refractivity contribution in [2.24, 2.45) is 0 Å². The molecule has 1 aromatic rings.